The van der Waals surface area contributed by atoms with Crippen LogP contribution in [0.15, 0.2) is 41.2 Å². The van der Waals surface area contributed by atoms with Crippen LogP contribution in [0.3, 0.4) is 0 Å². The van der Waals surface area contributed by atoms with Crippen molar-refractivity contribution < 1.29 is 22.7 Å². The number of H-pyrrole nitrogens is 1. The molecular formula is C38H47F3N6O3S. The quantitative estimate of drug-likeness (QED) is 0.170. The smallest absolute Gasteiger partial charge is 0.417 e. The van der Waals surface area contributed by atoms with E-state index in [-0.39, 0.29) is 16.9 Å². The standard InChI is InChI=1S/C27H35N5O3S.C9H6F3N.C2H6/c1-6-11-23-28-17(4)24-26(34)29-25(30-32(23)24)20-16-19(12-13-21(20)35-8-3)31(18(5)36)27(22(33)7-2)14-9-10-15-27;1-6-2-3-7(5-13)8(4-6)9(10,11)12;1-2/h12-13,16H,6-11,14-15H2,1-5H3,(H,29,30,34);2-4H,1H3;1-2H3. The van der Waals surface area contributed by atoms with Crippen LogP contribution in [-0.2, 0) is 17.4 Å². The molecule has 0 spiro atoms. The SMILES string of the molecule is CC.CCCc1nc(C)c2c(=O)[nH]c(-c3cc(N(C(C)=S)C4(C(=O)CC)CCCC4)ccc3OCC)nn12.Cc1ccc(C#N)c(C(F)(F)F)c1. The van der Waals surface area contributed by atoms with E-state index in [2.05, 4.69) is 16.9 Å². The van der Waals surface area contributed by atoms with Crippen LogP contribution in [0, 0.1) is 25.2 Å². The van der Waals surface area contributed by atoms with Gasteiger partial charge in [-0.05, 0) is 77.3 Å². The number of nitrogens with zero attached hydrogens (tertiary/aromatic N) is 5. The molecule has 2 heterocycles. The lowest BCUT2D eigenvalue weighted by Crippen LogP contribution is -2.54. The molecule has 0 unspecified atom stereocenters. The van der Waals surface area contributed by atoms with E-state index in [0.29, 0.717) is 58.3 Å². The zero-order valence-electron chi connectivity index (χ0n) is 30.6. The number of anilines is 1. The van der Waals surface area contributed by atoms with Crippen molar-refractivity contribution in [2.45, 2.75) is 112 Å². The van der Waals surface area contributed by atoms with Crippen molar-refractivity contribution in [1.82, 2.24) is 19.6 Å². The third-order valence-electron chi connectivity index (χ3n) is 8.61. The summed E-state index contributed by atoms with van der Waals surface area (Å²) in [5.41, 5.74) is 0.928. The molecule has 0 amide bonds. The number of carbonyl (C=O) groups excluding carboxylic acids is 1. The Balaban J connectivity index is 0.000000393. The Hall–Kier alpha value is -4.57. The second-order valence-corrected chi connectivity index (χ2v) is 12.7. The van der Waals surface area contributed by atoms with Crippen LogP contribution in [0.4, 0.5) is 18.9 Å². The summed E-state index contributed by atoms with van der Waals surface area (Å²) in [5.74, 6) is 1.94. The molecule has 0 aliphatic heterocycles. The molecule has 1 saturated carbocycles. The van der Waals surface area contributed by atoms with Gasteiger partial charge in [0.2, 0.25) is 0 Å². The highest BCUT2D eigenvalue weighted by atomic mass is 32.1. The van der Waals surface area contributed by atoms with Crippen molar-refractivity contribution in [1.29, 1.82) is 5.26 Å². The van der Waals surface area contributed by atoms with Crippen LogP contribution in [0.25, 0.3) is 16.9 Å². The number of nitrogens with one attached hydrogen (secondary N) is 1. The minimum absolute atomic E-state index is 0.200. The van der Waals surface area contributed by atoms with Gasteiger partial charge in [0.25, 0.3) is 5.56 Å². The van der Waals surface area contributed by atoms with Crippen molar-refractivity contribution in [3.8, 4) is 23.2 Å². The van der Waals surface area contributed by atoms with Crippen molar-refractivity contribution >= 4 is 34.2 Å². The molecule has 1 fully saturated rings. The van der Waals surface area contributed by atoms with Crippen molar-refractivity contribution in [3.63, 3.8) is 0 Å². The highest BCUT2D eigenvalue weighted by Gasteiger charge is 2.46. The van der Waals surface area contributed by atoms with Gasteiger partial charge in [-0.15, -0.1) is 5.10 Å². The number of benzene rings is 2. The third kappa shape index (κ3) is 8.84. The number of rotatable bonds is 9. The van der Waals surface area contributed by atoms with Gasteiger partial charge in [-0.25, -0.2) is 9.50 Å². The van der Waals surface area contributed by atoms with Crippen LogP contribution in [0.1, 0.15) is 108 Å². The van der Waals surface area contributed by atoms with Crippen molar-refractivity contribution in [2.75, 3.05) is 11.5 Å². The lowest BCUT2D eigenvalue weighted by atomic mass is 9.87. The lowest BCUT2D eigenvalue weighted by Gasteiger charge is -2.41. The maximum atomic E-state index is 13.3. The number of hydrogen-bond donors (Lipinski definition) is 1. The van der Waals surface area contributed by atoms with Gasteiger partial charge in [0.1, 0.15) is 17.1 Å². The molecule has 1 aliphatic carbocycles. The summed E-state index contributed by atoms with van der Waals surface area (Å²) in [6.45, 7) is 15.6. The first-order valence-electron chi connectivity index (χ1n) is 17.4. The van der Waals surface area contributed by atoms with Crippen molar-refractivity contribution in [3.05, 3.63) is 75.0 Å². The molecule has 0 radical (unpaired) electrons. The van der Waals surface area contributed by atoms with Gasteiger partial charge in [0.15, 0.2) is 17.1 Å². The Labute approximate surface area is 302 Å². The number of aryl methyl sites for hydroxylation is 3. The first kappa shape index (κ1) is 40.9. The molecule has 0 atom stereocenters. The van der Waals surface area contributed by atoms with Crippen LogP contribution >= 0.6 is 12.2 Å². The summed E-state index contributed by atoms with van der Waals surface area (Å²) < 4.78 is 44.4. The Bertz CT molecular complexity index is 1960. The van der Waals surface area contributed by atoms with E-state index in [1.807, 2.05) is 64.6 Å². The predicted molar refractivity (Wildman–Crippen MR) is 198 cm³/mol. The number of thiocarbonyl (C=S) groups is 1. The molecule has 0 saturated heterocycles. The minimum atomic E-state index is -4.45. The highest BCUT2D eigenvalue weighted by molar-refractivity contribution is 7.80. The normalized spacial score (nSPS) is 13.4. The molecule has 4 aromatic rings. The van der Waals surface area contributed by atoms with Gasteiger partial charge < -0.3 is 14.6 Å². The molecule has 9 nitrogen and oxygen atoms in total. The van der Waals surface area contributed by atoms with E-state index < -0.39 is 17.3 Å². The number of imidazole rings is 1. The summed E-state index contributed by atoms with van der Waals surface area (Å²) >= 11 is 5.71. The summed E-state index contributed by atoms with van der Waals surface area (Å²) in [5, 5.41) is 13.2. The topological polar surface area (TPSA) is 116 Å². The summed E-state index contributed by atoms with van der Waals surface area (Å²) in [6, 6.07) is 10.9. The Morgan fingerprint density at radius 2 is 1.78 bits per heavy atom. The van der Waals surface area contributed by atoms with E-state index in [1.54, 1.807) is 11.4 Å². The Morgan fingerprint density at radius 1 is 1.12 bits per heavy atom. The number of alkyl halides is 3. The number of fused-ring (bicyclic) bond motifs is 1. The van der Waals surface area contributed by atoms with E-state index in [0.717, 1.165) is 49.7 Å². The van der Waals surface area contributed by atoms with E-state index in [4.69, 9.17) is 27.3 Å². The van der Waals surface area contributed by atoms with Gasteiger partial charge >= 0.3 is 6.18 Å². The molecule has 2 aromatic carbocycles. The van der Waals surface area contributed by atoms with Gasteiger partial charge in [-0.1, -0.05) is 64.4 Å². The van der Waals surface area contributed by atoms with Gasteiger partial charge in [0.05, 0.1) is 40.0 Å². The Morgan fingerprint density at radius 3 is 2.33 bits per heavy atom. The first-order chi connectivity index (χ1) is 24.2. The summed E-state index contributed by atoms with van der Waals surface area (Å²) in [7, 11) is 0. The molecule has 1 N–H and O–H groups in total. The second-order valence-electron chi connectivity index (χ2n) is 12.1. The molecular weight excluding hydrogens is 678 g/mol. The number of hydrogen-bond acceptors (Lipinski definition) is 7. The Kier molecular flexibility index (Phi) is 14.1. The van der Waals surface area contributed by atoms with Gasteiger partial charge in [-0.2, -0.15) is 18.4 Å². The van der Waals surface area contributed by atoms with Gasteiger partial charge in [0, 0.05) is 18.5 Å². The van der Waals surface area contributed by atoms with Crippen LogP contribution in [-0.4, -0.2) is 42.5 Å². The van der Waals surface area contributed by atoms with Crippen LogP contribution < -0.4 is 15.2 Å². The highest BCUT2D eigenvalue weighted by Crippen LogP contribution is 2.42. The second kappa shape index (κ2) is 17.6. The van der Waals surface area contributed by atoms with E-state index in [9.17, 15) is 22.8 Å². The van der Waals surface area contributed by atoms with Crippen LogP contribution in [0.2, 0.25) is 0 Å². The fourth-order valence-electron chi connectivity index (χ4n) is 6.50. The summed E-state index contributed by atoms with van der Waals surface area (Å²) in [6.07, 6.45) is 1.12. The van der Waals surface area contributed by atoms with Crippen LogP contribution in [0.5, 0.6) is 5.75 Å². The molecule has 5 rings (SSSR count). The minimum Gasteiger partial charge on any atom is -0.493 e. The number of ketones is 1. The summed E-state index contributed by atoms with van der Waals surface area (Å²) in [4.78, 5) is 36.6. The third-order valence-corrected chi connectivity index (χ3v) is 8.79. The number of halogens is 3. The molecule has 0 bridgehead atoms. The van der Waals surface area contributed by atoms with Gasteiger partial charge in [-0.3, -0.25) is 9.59 Å². The fourth-order valence-corrected chi connectivity index (χ4v) is 6.78. The monoisotopic (exact) mass is 724 g/mol. The molecule has 274 valence electrons. The fraction of sp³-hybridized carbons (Fsp3) is 0.474. The largest absolute Gasteiger partial charge is 0.493 e. The molecule has 13 heteroatoms. The number of nitriles is 1. The molecule has 1 aliphatic rings. The maximum Gasteiger partial charge on any atom is 0.417 e. The van der Waals surface area contributed by atoms with E-state index >= 15 is 0 Å². The predicted octanol–water partition coefficient (Wildman–Crippen LogP) is 9.10. The zero-order valence-corrected chi connectivity index (χ0v) is 31.4. The molecule has 51 heavy (non-hydrogen) atoms. The zero-order chi connectivity index (χ0) is 38.1. The first-order valence-corrected chi connectivity index (χ1v) is 17.8. The number of aromatic amines is 1. The molecule has 2 aromatic heterocycles. The average Bonchev–Trinajstić information content (AvgIpc) is 3.71. The number of aromatic nitrogens is 4. The number of carbonyl (C=O) groups is 1. The number of Topliss-reactive ketones (excluding diaryl/α,β-unsaturated/α-hetero) is 1. The number of ether oxygens (including phenoxy) is 1. The lowest BCUT2D eigenvalue weighted by molar-refractivity contribution is -0.137. The average molecular weight is 725 g/mol. The van der Waals surface area contributed by atoms with Crippen molar-refractivity contribution in [2.24, 2.45) is 0 Å². The van der Waals surface area contributed by atoms with E-state index in [1.165, 1.54) is 18.2 Å². The maximum absolute atomic E-state index is 13.3.